The minimum Gasteiger partial charge on any atom is -0.399 e. The fourth-order valence-corrected chi connectivity index (χ4v) is 2.23. The van der Waals surface area contributed by atoms with Gasteiger partial charge in [-0.05, 0) is 30.5 Å². The zero-order valence-electron chi connectivity index (χ0n) is 10.8. The molecule has 1 aromatic carbocycles. The SMILES string of the molecule is CN(Cc1ccc(N)cc1)C(=O)C1CCOCC1. The van der Waals surface area contributed by atoms with Crippen molar-refractivity contribution in [1.29, 1.82) is 0 Å². The van der Waals surface area contributed by atoms with E-state index >= 15 is 0 Å². The van der Waals surface area contributed by atoms with Crippen molar-refractivity contribution in [2.45, 2.75) is 19.4 Å². The van der Waals surface area contributed by atoms with E-state index in [4.69, 9.17) is 10.5 Å². The molecular weight excluding hydrogens is 228 g/mol. The number of nitrogen functional groups attached to an aromatic ring is 1. The Labute approximate surface area is 108 Å². The van der Waals surface area contributed by atoms with Gasteiger partial charge >= 0.3 is 0 Å². The van der Waals surface area contributed by atoms with Gasteiger partial charge in [0.05, 0.1) is 0 Å². The van der Waals surface area contributed by atoms with E-state index in [1.807, 2.05) is 31.3 Å². The molecule has 4 nitrogen and oxygen atoms in total. The number of anilines is 1. The minimum absolute atomic E-state index is 0.123. The first-order valence-electron chi connectivity index (χ1n) is 6.34. The average molecular weight is 248 g/mol. The molecule has 0 spiro atoms. The van der Waals surface area contributed by atoms with Crippen LogP contribution in [0.3, 0.4) is 0 Å². The second kappa shape index (κ2) is 5.87. The average Bonchev–Trinajstić information content (AvgIpc) is 2.41. The first-order chi connectivity index (χ1) is 8.66. The Bertz CT molecular complexity index is 397. The summed E-state index contributed by atoms with van der Waals surface area (Å²) >= 11 is 0. The van der Waals surface area contributed by atoms with Crippen LogP contribution in [-0.4, -0.2) is 31.1 Å². The predicted molar refractivity (Wildman–Crippen MR) is 70.9 cm³/mol. The number of hydrogen-bond acceptors (Lipinski definition) is 3. The summed E-state index contributed by atoms with van der Waals surface area (Å²) in [4.78, 5) is 14.0. The number of carbonyl (C=O) groups excluding carboxylic acids is 1. The lowest BCUT2D eigenvalue weighted by Gasteiger charge is -2.26. The van der Waals surface area contributed by atoms with Crippen LogP contribution in [-0.2, 0) is 16.1 Å². The first-order valence-corrected chi connectivity index (χ1v) is 6.34. The highest BCUT2D eigenvalue weighted by atomic mass is 16.5. The van der Waals surface area contributed by atoms with Crippen molar-refractivity contribution in [1.82, 2.24) is 4.90 Å². The number of amides is 1. The number of carbonyl (C=O) groups is 1. The van der Waals surface area contributed by atoms with E-state index in [2.05, 4.69) is 0 Å². The Balaban J connectivity index is 1.92. The first kappa shape index (κ1) is 12.9. The van der Waals surface area contributed by atoms with Crippen LogP contribution in [0.4, 0.5) is 5.69 Å². The van der Waals surface area contributed by atoms with E-state index in [-0.39, 0.29) is 11.8 Å². The number of ether oxygens (including phenoxy) is 1. The van der Waals surface area contributed by atoms with Crippen molar-refractivity contribution in [2.75, 3.05) is 26.0 Å². The van der Waals surface area contributed by atoms with Gasteiger partial charge in [-0.25, -0.2) is 0 Å². The van der Waals surface area contributed by atoms with Gasteiger partial charge < -0.3 is 15.4 Å². The largest absolute Gasteiger partial charge is 0.399 e. The summed E-state index contributed by atoms with van der Waals surface area (Å²) in [5.74, 6) is 0.340. The van der Waals surface area contributed by atoms with Gasteiger partial charge in [-0.3, -0.25) is 4.79 Å². The molecule has 0 aromatic heterocycles. The van der Waals surface area contributed by atoms with Crippen molar-refractivity contribution in [2.24, 2.45) is 5.92 Å². The third kappa shape index (κ3) is 3.23. The lowest BCUT2D eigenvalue weighted by Crippen LogP contribution is -2.35. The summed E-state index contributed by atoms with van der Waals surface area (Å²) in [5, 5.41) is 0. The molecular formula is C14H20N2O2. The molecule has 2 N–H and O–H groups in total. The predicted octanol–water partition coefficient (Wildman–Crippen LogP) is 1.65. The Hall–Kier alpha value is -1.55. The van der Waals surface area contributed by atoms with Crippen molar-refractivity contribution >= 4 is 11.6 Å². The zero-order chi connectivity index (χ0) is 13.0. The van der Waals surface area contributed by atoms with Crippen LogP contribution in [0.5, 0.6) is 0 Å². The van der Waals surface area contributed by atoms with Crippen molar-refractivity contribution < 1.29 is 9.53 Å². The minimum atomic E-state index is 0.123. The molecule has 0 bridgehead atoms. The third-order valence-electron chi connectivity index (χ3n) is 3.35. The van der Waals surface area contributed by atoms with E-state index in [1.165, 1.54) is 0 Å². The molecule has 0 unspecified atom stereocenters. The number of rotatable bonds is 3. The van der Waals surface area contributed by atoms with E-state index in [0.717, 1.165) is 24.1 Å². The van der Waals surface area contributed by atoms with Crippen molar-refractivity contribution in [3.8, 4) is 0 Å². The Morgan fingerprint density at radius 1 is 1.33 bits per heavy atom. The van der Waals surface area contributed by atoms with Gasteiger partial charge in [0.25, 0.3) is 0 Å². The highest BCUT2D eigenvalue weighted by molar-refractivity contribution is 5.78. The highest BCUT2D eigenvalue weighted by Crippen LogP contribution is 2.18. The summed E-state index contributed by atoms with van der Waals surface area (Å²) in [5.41, 5.74) is 7.49. The summed E-state index contributed by atoms with van der Waals surface area (Å²) in [6, 6.07) is 7.65. The molecule has 0 saturated carbocycles. The van der Waals surface area contributed by atoms with E-state index in [1.54, 1.807) is 4.90 Å². The van der Waals surface area contributed by atoms with Crippen LogP contribution in [0.1, 0.15) is 18.4 Å². The van der Waals surface area contributed by atoms with Crippen LogP contribution in [0.2, 0.25) is 0 Å². The monoisotopic (exact) mass is 248 g/mol. The maximum Gasteiger partial charge on any atom is 0.225 e. The maximum absolute atomic E-state index is 12.2. The van der Waals surface area contributed by atoms with Crippen LogP contribution in [0, 0.1) is 5.92 Å². The lowest BCUT2D eigenvalue weighted by molar-refractivity contribution is -0.137. The van der Waals surface area contributed by atoms with E-state index in [0.29, 0.717) is 19.8 Å². The molecule has 18 heavy (non-hydrogen) atoms. The van der Waals surface area contributed by atoms with Crippen molar-refractivity contribution in [3.05, 3.63) is 29.8 Å². The zero-order valence-corrected chi connectivity index (χ0v) is 10.8. The van der Waals surface area contributed by atoms with Crippen LogP contribution in [0.15, 0.2) is 24.3 Å². The van der Waals surface area contributed by atoms with Crippen LogP contribution < -0.4 is 5.73 Å². The number of benzene rings is 1. The molecule has 0 aliphatic carbocycles. The summed E-state index contributed by atoms with van der Waals surface area (Å²) in [6.45, 7) is 2.04. The van der Waals surface area contributed by atoms with Crippen LogP contribution in [0.25, 0.3) is 0 Å². The Morgan fingerprint density at radius 3 is 2.56 bits per heavy atom. The standard InChI is InChI=1S/C14H20N2O2/c1-16(10-11-2-4-13(15)5-3-11)14(17)12-6-8-18-9-7-12/h2-5,12H,6-10,15H2,1H3. The Kier molecular flexibility index (Phi) is 4.20. The molecule has 2 rings (SSSR count). The molecule has 1 heterocycles. The van der Waals surface area contributed by atoms with Crippen molar-refractivity contribution in [3.63, 3.8) is 0 Å². The fraction of sp³-hybridized carbons (Fsp3) is 0.500. The topological polar surface area (TPSA) is 55.6 Å². The molecule has 1 amide bonds. The maximum atomic E-state index is 12.2. The third-order valence-corrected chi connectivity index (χ3v) is 3.35. The second-order valence-electron chi connectivity index (χ2n) is 4.82. The molecule has 1 fully saturated rings. The smallest absolute Gasteiger partial charge is 0.225 e. The van der Waals surface area contributed by atoms with Crippen LogP contribution >= 0.6 is 0 Å². The number of nitrogens with two attached hydrogens (primary N) is 1. The molecule has 4 heteroatoms. The molecule has 1 aliphatic heterocycles. The lowest BCUT2D eigenvalue weighted by atomic mass is 9.98. The fourth-order valence-electron chi connectivity index (χ4n) is 2.23. The van der Waals surface area contributed by atoms with Gasteiger partial charge in [-0.2, -0.15) is 0 Å². The van der Waals surface area contributed by atoms with Gasteiger partial charge in [-0.1, -0.05) is 12.1 Å². The van der Waals surface area contributed by atoms with E-state index in [9.17, 15) is 4.79 Å². The molecule has 1 aromatic rings. The summed E-state index contributed by atoms with van der Waals surface area (Å²) in [7, 11) is 1.86. The molecule has 0 atom stereocenters. The molecule has 1 saturated heterocycles. The normalized spacial score (nSPS) is 16.5. The van der Waals surface area contributed by atoms with Gasteiger partial charge in [0, 0.05) is 38.4 Å². The molecule has 1 aliphatic rings. The second-order valence-corrected chi connectivity index (χ2v) is 4.82. The van der Waals surface area contributed by atoms with E-state index < -0.39 is 0 Å². The van der Waals surface area contributed by atoms with Gasteiger partial charge in [0.1, 0.15) is 0 Å². The van der Waals surface area contributed by atoms with Gasteiger partial charge in [0.2, 0.25) is 5.91 Å². The van der Waals surface area contributed by atoms with Gasteiger partial charge in [0.15, 0.2) is 0 Å². The molecule has 0 radical (unpaired) electrons. The number of nitrogens with zero attached hydrogens (tertiary/aromatic N) is 1. The Morgan fingerprint density at radius 2 is 1.94 bits per heavy atom. The quantitative estimate of drug-likeness (QED) is 0.828. The summed E-state index contributed by atoms with van der Waals surface area (Å²) in [6.07, 6.45) is 1.68. The molecule has 98 valence electrons. The van der Waals surface area contributed by atoms with Gasteiger partial charge in [-0.15, -0.1) is 0 Å². The summed E-state index contributed by atoms with van der Waals surface area (Å²) < 4.78 is 5.28. The number of hydrogen-bond donors (Lipinski definition) is 1. The highest BCUT2D eigenvalue weighted by Gasteiger charge is 2.24.